The number of carbonyl (C=O) groups excluding carboxylic acids is 1. The van der Waals surface area contributed by atoms with Gasteiger partial charge in [0, 0.05) is 24.5 Å². The first kappa shape index (κ1) is 22.2. The van der Waals surface area contributed by atoms with Crippen molar-refractivity contribution in [3.8, 4) is 0 Å². The molecule has 1 aliphatic heterocycles. The Hall–Kier alpha value is -2.54. The van der Waals surface area contributed by atoms with Crippen LogP contribution in [0.1, 0.15) is 37.3 Å². The number of nitrogens with one attached hydrogen (secondary N) is 1. The first-order valence-electron chi connectivity index (χ1n) is 10.4. The van der Waals surface area contributed by atoms with E-state index < -0.39 is 16.1 Å². The molecule has 0 bridgehead atoms. The highest BCUT2D eigenvalue weighted by Gasteiger charge is 2.32. The number of amides is 1. The number of carbonyl (C=O) groups is 1. The predicted octanol–water partition coefficient (Wildman–Crippen LogP) is 4.09. The lowest BCUT2D eigenvalue weighted by atomic mass is 10.1. The molecule has 1 heterocycles. The standard InChI is InChI=1S/C23H31N3O3S/c1-5-21(26(30(4,28)29)22-16-17(2)8-9-18(22)3)23(27)24-19-10-12-20(13-11-19)25-14-6-7-15-25/h8-13,16,21H,5-7,14-15H2,1-4H3,(H,24,27)/t21-/m0/s1. The molecule has 30 heavy (non-hydrogen) atoms. The molecule has 1 N–H and O–H groups in total. The van der Waals surface area contributed by atoms with E-state index in [-0.39, 0.29) is 5.91 Å². The molecule has 0 aromatic heterocycles. The Bertz CT molecular complexity index is 997. The van der Waals surface area contributed by atoms with Crippen molar-refractivity contribution in [2.24, 2.45) is 0 Å². The Labute approximate surface area is 179 Å². The van der Waals surface area contributed by atoms with E-state index in [1.54, 1.807) is 0 Å². The fraction of sp³-hybridized carbons (Fsp3) is 0.435. The third kappa shape index (κ3) is 4.95. The van der Waals surface area contributed by atoms with E-state index in [0.29, 0.717) is 17.8 Å². The van der Waals surface area contributed by atoms with E-state index in [1.165, 1.54) is 17.1 Å². The first-order valence-corrected chi connectivity index (χ1v) is 12.3. The summed E-state index contributed by atoms with van der Waals surface area (Å²) in [6.45, 7) is 7.70. The van der Waals surface area contributed by atoms with Gasteiger partial charge in [0.05, 0.1) is 11.9 Å². The van der Waals surface area contributed by atoms with Gasteiger partial charge in [-0.3, -0.25) is 9.10 Å². The van der Waals surface area contributed by atoms with Crippen LogP contribution in [0.5, 0.6) is 0 Å². The summed E-state index contributed by atoms with van der Waals surface area (Å²) in [6.07, 6.45) is 3.92. The highest BCUT2D eigenvalue weighted by Crippen LogP contribution is 2.28. The molecule has 1 amide bonds. The second-order valence-electron chi connectivity index (χ2n) is 8.00. The number of anilines is 3. The summed E-state index contributed by atoms with van der Waals surface area (Å²) in [5.41, 5.74) is 4.11. The summed E-state index contributed by atoms with van der Waals surface area (Å²) in [7, 11) is -3.66. The van der Waals surface area contributed by atoms with Gasteiger partial charge in [0.15, 0.2) is 0 Å². The van der Waals surface area contributed by atoms with Crippen molar-refractivity contribution < 1.29 is 13.2 Å². The number of hydrogen-bond acceptors (Lipinski definition) is 4. The van der Waals surface area contributed by atoms with Gasteiger partial charge in [-0.1, -0.05) is 19.1 Å². The van der Waals surface area contributed by atoms with Gasteiger partial charge >= 0.3 is 0 Å². The van der Waals surface area contributed by atoms with Crippen molar-refractivity contribution >= 4 is 33.0 Å². The van der Waals surface area contributed by atoms with Gasteiger partial charge in [-0.2, -0.15) is 0 Å². The maximum atomic E-state index is 13.1. The maximum absolute atomic E-state index is 13.1. The number of benzene rings is 2. The smallest absolute Gasteiger partial charge is 0.248 e. The highest BCUT2D eigenvalue weighted by atomic mass is 32.2. The van der Waals surface area contributed by atoms with Gasteiger partial charge < -0.3 is 10.2 Å². The van der Waals surface area contributed by atoms with Gasteiger partial charge in [0.25, 0.3) is 0 Å². The lowest BCUT2D eigenvalue weighted by Crippen LogP contribution is -2.47. The number of rotatable bonds is 7. The Kier molecular flexibility index (Phi) is 6.71. The van der Waals surface area contributed by atoms with Gasteiger partial charge in [-0.05, 0) is 74.6 Å². The molecule has 6 nitrogen and oxygen atoms in total. The number of hydrogen-bond donors (Lipinski definition) is 1. The summed E-state index contributed by atoms with van der Waals surface area (Å²) < 4.78 is 26.6. The van der Waals surface area contributed by atoms with E-state index in [9.17, 15) is 13.2 Å². The number of aryl methyl sites for hydroxylation is 2. The molecule has 0 aliphatic carbocycles. The van der Waals surface area contributed by atoms with Gasteiger partial charge in [-0.25, -0.2) is 8.42 Å². The quantitative estimate of drug-likeness (QED) is 0.720. The van der Waals surface area contributed by atoms with Crippen LogP contribution >= 0.6 is 0 Å². The van der Waals surface area contributed by atoms with Crippen LogP contribution in [0.2, 0.25) is 0 Å². The van der Waals surface area contributed by atoms with Crippen molar-refractivity contribution in [3.63, 3.8) is 0 Å². The Morgan fingerprint density at radius 3 is 2.30 bits per heavy atom. The Morgan fingerprint density at radius 2 is 1.73 bits per heavy atom. The monoisotopic (exact) mass is 429 g/mol. The van der Waals surface area contributed by atoms with Crippen molar-refractivity contribution in [1.29, 1.82) is 0 Å². The van der Waals surface area contributed by atoms with Crippen molar-refractivity contribution in [3.05, 3.63) is 53.6 Å². The van der Waals surface area contributed by atoms with Crippen LogP contribution in [0.25, 0.3) is 0 Å². The van der Waals surface area contributed by atoms with Crippen LogP contribution in [-0.2, 0) is 14.8 Å². The lowest BCUT2D eigenvalue weighted by Gasteiger charge is -2.31. The molecular weight excluding hydrogens is 398 g/mol. The molecule has 1 atom stereocenters. The van der Waals surface area contributed by atoms with Crippen molar-refractivity contribution in [1.82, 2.24) is 0 Å². The zero-order chi connectivity index (χ0) is 21.9. The molecule has 2 aromatic rings. The third-order valence-corrected chi connectivity index (χ3v) is 6.70. The molecule has 1 fully saturated rings. The average Bonchev–Trinajstić information content (AvgIpc) is 3.22. The SMILES string of the molecule is CC[C@@H](C(=O)Nc1ccc(N2CCCC2)cc1)N(c1cc(C)ccc1C)S(C)(=O)=O. The topological polar surface area (TPSA) is 69.7 Å². The minimum absolute atomic E-state index is 0.335. The van der Waals surface area contributed by atoms with E-state index in [4.69, 9.17) is 0 Å². The molecule has 0 radical (unpaired) electrons. The van der Waals surface area contributed by atoms with Crippen LogP contribution in [0.4, 0.5) is 17.1 Å². The summed E-state index contributed by atoms with van der Waals surface area (Å²) in [4.78, 5) is 15.4. The number of nitrogens with zero attached hydrogens (tertiary/aromatic N) is 2. The van der Waals surface area contributed by atoms with E-state index >= 15 is 0 Å². The maximum Gasteiger partial charge on any atom is 0.248 e. The third-order valence-electron chi connectivity index (χ3n) is 5.54. The Balaban J connectivity index is 1.84. The second-order valence-corrected chi connectivity index (χ2v) is 9.86. The van der Waals surface area contributed by atoms with Gasteiger partial charge in [0.2, 0.25) is 15.9 Å². The second kappa shape index (κ2) is 9.08. The molecule has 0 unspecified atom stereocenters. The van der Waals surface area contributed by atoms with Gasteiger partial charge in [-0.15, -0.1) is 0 Å². The van der Waals surface area contributed by atoms with Crippen LogP contribution in [-0.4, -0.2) is 39.7 Å². The Morgan fingerprint density at radius 1 is 1.10 bits per heavy atom. The molecule has 162 valence electrons. The molecule has 0 spiro atoms. The average molecular weight is 430 g/mol. The zero-order valence-corrected chi connectivity index (χ0v) is 19.0. The van der Waals surface area contributed by atoms with Crippen molar-refractivity contribution in [2.75, 3.05) is 33.9 Å². The molecule has 1 aliphatic rings. The van der Waals surface area contributed by atoms with Crippen LogP contribution in [0.15, 0.2) is 42.5 Å². The van der Waals surface area contributed by atoms with Crippen LogP contribution in [0.3, 0.4) is 0 Å². The first-order chi connectivity index (χ1) is 14.2. The molecular formula is C23H31N3O3S. The fourth-order valence-electron chi connectivity index (χ4n) is 3.95. The predicted molar refractivity (Wildman–Crippen MR) is 124 cm³/mol. The van der Waals surface area contributed by atoms with E-state index in [1.807, 2.05) is 63.2 Å². The minimum Gasteiger partial charge on any atom is -0.372 e. The minimum atomic E-state index is -3.66. The molecule has 2 aromatic carbocycles. The molecule has 3 rings (SSSR count). The van der Waals surface area contributed by atoms with Gasteiger partial charge in [0.1, 0.15) is 6.04 Å². The largest absolute Gasteiger partial charge is 0.372 e. The summed E-state index contributed by atoms with van der Waals surface area (Å²) in [5.74, 6) is -0.335. The molecule has 7 heteroatoms. The van der Waals surface area contributed by atoms with E-state index in [0.717, 1.165) is 36.2 Å². The molecule has 1 saturated heterocycles. The fourth-order valence-corrected chi connectivity index (χ4v) is 5.21. The zero-order valence-electron chi connectivity index (χ0n) is 18.2. The summed E-state index contributed by atoms with van der Waals surface area (Å²) in [6, 6.07) is 12.5. The highest BCUT2D eigenvalue weighted by molar-refractivity contribution is 7.92. The normalized spacial score (nSPS) is 15.1. The van der Waals surface area contributed by atoms with Crippen molar-refractivity contribution in [2.45, 2.75) is 46.1 Å². The van der Waals surface area contributed by atoms with Crippen LogP contribution in [0, 0.1) is 13.8 Å². The van der Waals surface area contributed by atoms with E-state index in [2.05, 4.69) is 10.2 Å². The molecule has 0 saturated carbocycles. The van der Waals surface area contributed by atoms with Crippen LogP contribution < -0.4 is 14.5 Å². The number of sulfonamides is 1. The summed E-state index contributed by atoms with van der Waals surface area (Å²) >= 11 is 0. The lowest BCUT2D eigenvalue weighted by molar-refractivity contribution is -0.117. The summed E-state index contributed by atoms with van der Waals surface area (Å²) in [5, 5.41) is 2.90.